The maximum atomic E-state index is 4.66. The quantitative estimate of drug-likeness (QED) is 0.710. The first-order chi connectivity index (χ1) is 8.95. The third kappa shape index (κ3) is 2.26. The van der Waals surface area contributed by atoms with Gasteiger partial charge in [0.1, 0.15) is 0 Å². The van der Waals surface area contributed by atoms with E-state index in [0.29, 0.717) is 0 Å². The second-order valence-corrected chi connectivity index (χ2v) is 4.55. The summed E-state index contributed by atoms with van der Waals surface area (Å²) in [5.41, 5.74) is 4.29. The van der Waals surface area contributed by atoms with E-state index in [-0.39, 0.29) is 0 Å². The summed E-state index contributed by atoms with van der Waals surface area (Å²) >= 11 is 0. The molecule has 0 saturated heterocycles. The molecule has 3 aliphatic rings. The van der Waals surface area contributed by atoms with Gasteiger partial charge in [0.15, 0.2) is 0 Å². The van der Waals surface area contributed by atoms with Crippen molar-refractivity contribution in [3.63, 3.8) is 0 Å². The predicted octanol–water partition coefficient (Wildman–Crippen LogP) is 2.56. The molecule has 0 aromatic carbocycles. The van der Waals surface area contributed by atoms with Gasteiger partial charge in [0.25, 0.3) is 0 Å². The van der Waals surface area contributed by atoms with E-state index in [9.17, 15) is 0 Å². The van der Waals surface area contributed by atoms with Crippen LogP contribution in [0.2, 0.25) is 0 Å². The van der Waals surface area contributed by atoms with Crippen molar-refractivity contribution in [2.75, 3.05) is 19.6 Å². The van der Waals surface area contributed by atoms with Crippen LogP contribution in [0.5, 0.6) is 0 Å². The lowest BCUT2D eigenvalue weighted by Gasteiger charge is -2.18. The van der Waals surface area contributed by atoms with Crippen molar-refractivity contribution in [3.05, 3.63) is 36.0 Å². The average molecular weight is 239 g/mol. The SMILES string of the molecule is C1=CC(C2=CCCN=C2C2=NCCC=C2)=NCC1. The van der Waals surface area contributed by atoms with E-state index in [0.717, 1.165) is 56.0 Å². The minimum Gasteiger partial charge on any atom is -0.284 e. The molecule has 0 bridgehead atoms. The number of hydrogen-bond donors (Lipinski definition) is 0. The summed E-state index contributed by atoms with van der Waals surface area (Å²) in [7, 11) is 0. The van der Waals surface area contributed by atoms with E-state index in [1.54, 1.807) is 0 Å². The molecule has 0 aromatic rings. The molecule has 3 rings (SSSR count). The highest BCUT2D eigenvalue weighted by molar-refractivity contribution is 6.58. The molecule has 18 heavy (non-hydrogen) atoms. The number of hydrogen-bond acceptors (Lipinski definition) is 3. The van der Waals surface area contributed by atoms with Gasteiger partial charge in [0.05, 0.1) is 17.1 Å². The molecule has 0 radical (unpaired) electrons. The minimum absolute atomic E-state index is 0.864. The van der Waals surface area contributed by atoms with Crippen molar-refractivity contribution in [3.8, 4) is 0 Å². The molecule has 0 aromatic heterocycles. The van der Waals surface area contributed by atoms with E-state index < -0.39 is 0 Å². The molecular weight excluding hydrogens is 222 g/mol. The van der Waals surface area contributed by atoms with Crippen molar-refractivity contribution in [1.82, 2.24) is 0 Å². The maximum absolute atomic E-state index is 4.66. The van der Waals surface area contributed by atoms with Gasteiger partial charge >= 0.3 is 0 Å². The van der Waals surface area contributed by atoms with Crippen LogP contribution in [0.4, 0.5) is 0 Å². The molecule has 0 N–H and O–H groups in total. The van der Waals surface area contributed by atoms with Crippen LogP contribution in [-0.2, 0) is 0 Å². The number of aliphatic imine (C=N–C) groups is 3. The van der Waals surface area contributed by atoms with Gasteiger partial charge in [-0.2, -0.15) is 0 Å². The largest absolute Gasteiger partial charge is 0.284 e. The molecule has 0 fully saturated rings. The van der Waals surface area contributed by atoms with Gasteiger partial charge < -0.3 is 0 Å². The fraction of sp³-hybridized carbons (Fsp3) is 0.400. The molecule has 3 heterocycles. The number of rotatable bonds is 2. The zero-order chi connectivity index (χ0) is 12.2. The predicted molar refractivity (Wildman–Crippen MR) is 77.1 cm³/mol. The second-order valence-electron chi connectivity index (χ2n) is 4.55. The number of allylic oxidation sites excluding steroid dienone is 3. The Labute approximate surface area is 107 Å². The number of dihydropyridines is 3. The first-order valence-corrected chi connectivity index (χ1v) is 6.63. The first-order valence-electron chi connectivity index (χ1n) is 6.63. The summed E-state index contributed by atoms with van der Waals surface area (Å²) in [6, 6.07) is 0. The molecule has 3 aliphatic heterocycles. The lowest BCUT2D eigenvalue weighted by atomic mass is 9.95. The molecule has 0 aliphatic carbocycles. The van der Waals surface area contributed by atoms with Gasteiger partial charge in [-0.3, -0.25) is 15.0 Å². The first kappa shape index (κ1) is 11.3. The van der Waals surface area contributed by atoms with Crippen molar-refractivity contribution < 1.29 is 0 Å². The highest BCUT2D eigenvalue weighted by atomic mass is 14.8. The zero-order valence-electron chi connectivity index (χ0n) is 10.5. The van der Waals surface area contributed by atoms with E-state index >= 15 is 0 Å². The van der Waals surface area contributed by atoms with E-state index in [2.05, 4.69) is 45.4 Å². The zero-order valence-corrected chi connectivity index (χ0v) is 10.5. The van der Waals surface area contributed by atoms with Gasteiger partial charge in [-0.1, -0.05) is 18.2 Å². The van der Waals surface area contributed by atoms with Crippen molar-refractivity contribution in [1.29, 1.82) is 0 Å². The fourth-order valence-corrected chi connectivity index (χ4v) is 2.36. The molecular formula is C15H17N3. The Balaban J connectivity index is 1.92. The molecule has 0 unspecified atom stereocenters. The smallest absolute Gasteiger partial charge is 0.0916 e. The van der Waals surface area contributed by atoms with E-state index in [1.165, 1.54) is 5.57 Å². The van der Waals surface area contributed by atoms with E-state index in [1.807, 2.05) is 0 Å². The fourth-order valence-electron chi connectivity index (χ4n) is 2.36. The molecule has 3 heteroatoms. The van der Waals surface area contributed by atoms with Gasteiger partial charge in [-0.05, 0) is 31.4 Å². The molecule has 92 valence electrons. The third-order valence-corrected chi connectivity index (χ3v) is 3.23. The summed E-state index contributed by atoms with van der Waals surface area (Å²) in [5, 5.41) is 0. The minimum atomic E-state index is 0.864. The molecule has 0 spiro atoms. The second kappa shape index (κ2) is 5.25. The molecule has 3 nitrogen and oxygen atoms in total. The third-order valence-electron chi connectivity index (χ3n) is 3.23. The van der Waals surface area contributed by atoms with Crippen LogP contribution in [0, 0.1) is 0 Å². The standard InChI is InChI=1S/C15H17N3/c1-3-9-16-13(7-1)12-6-5-11-18-15(12)14-8-2-4-10-17-14/h1-2,6-8H,3-5,9-11H2. The monoisotopic (exact) mass is 239 g/mol. The topological polar surface area (TPSA) is 37.1 Å². The van der Waals surface area contributed by atoms with E-state index in [4.69, 9.17) is 0 Å². The van der Waals surface area contributed by atoms with Crippen LogP contribution >= 0.6 is 0 Å². The van der Waals surface area contributed by atoms with Crippen molar-refractivity contribution in [2.24, 2.45) is 15.0 Å². The Kier molecular flexibility index (Phi) is 3.31. The van der Waals surface area contributed by atoms with Crippen LogP contribution in [0.15, 0.2) is 50.9 Å². The van der Waals surface area contributed by atoms with Gasteiger partial charge in [0.2, 0.25) is 0 Å². The normalized spacial score (nSPS) is 23.1. The maximum Gasteiger partial charge on any atom is 0.0916 e. The van der Waals surface area contributed by atoms with Gasteiger partial charge in [-0.25, -0.2) is 0 Å². The molecule has 0 saturated carbocycles. The Morgan fingerprint density at radius 2 is 1.39 bits per heavy atom. The number of nitrogens with zero attached hydrogens (tertiary/aromatic N) is 3. The van der Waals surface area contributed by atoms with Crippen LogP contribution in [0.25, 0.3) is 0 Å². The lowest BCUT2D eigenvalue weighted by Crippen LogP contribution is -2.25. The Hall–Kier alpha value is -1.77. The molecule has 0 atom stereocenters. The summed E-state index contributed by atoms with van der Waals surface area (Å²) in [4.78, 5) is 13.8. The Bertz CT molecular complexity index is 468. The molecule has 0 amide bonds. The Morgan fingerprint density at radius 3 is 2.06 bits per heavy atom. The van der Waals surface area contributed by atoms with Gasteiger partial charge in [-0.15, -0.1) is 0 Å². The summed E-state index contributed by atoms with van der Waals surface area (Å²) in [5.74, 6) is 0. The summed E-state index contributed by atoms with van der Waals surface area (Å²) in [6.07, 6.45) is 13.9. The average Bonchev–Trinajstić information content (AvgIpc) is 2.49. The highest BCUT2D eigenvalue weighted by Crippen LogP contribution is 2.16. The van der Waals surface area contributed by atoms with Crippen LogP contribution < -0.4 is 0 Å². The summed E-state index contributed by atoms with van der Waals surface area (Å²) in [6.45, 7) is 2.63. The lowest BCUT2D eigenvalue weighted by molar-refractivity contribution is 0.973. The van der Waals surface area contributed by atoms with Crippen LogP contribution in [0.1, 0.15) is 19.3 Å². The van der Waals surface area contributed by atoms with Crippen molar-refractivity contribution >= 4 is 17.1 Å². The summed E-state index contributed by atoms with van der Waals surface area (Å²) < 4.78 is 0. The highest BCUT2D eigenvalue weighted by Gasteiger charge is 2.19. The van der Waals surface area contributed by atoms with Gasteiger partial charge in [0, 0.05) is 25.2 Å². The van der Waals surface area contributed by atoms with Crippen LogP contribution in [0.3, 0.4) is 0 Å². The van der Waals surface area contributed by atoms with Crippen LogP contribution in [-0.4, -0.2) is 36.8 Å². The van der Waals surface area contributed by atoms with Crippen molar-refractivity contribution in [2.45, 2.75) is 19.3 Å². The Morgan fingerprint density at radius 1 is 0.722 bits per heavy atom.